The van der Waals surface area contributed by atoms with E-state index in [1.54, 1.807) is 14.0 Å². The molecular weight excluding hydrogens is 180 g/mol. The van der Waals surface area contributed by atoms with E-state index in [-0.39, 0.29) is 6.10 Å². The van der Waals surface area contributed by atoms with Crippen molar-refractivity contribution in [2.24, 2.45) is 0 Å². The smallest absolute Gasteiger partial charge is 0.261 e. The molecule has 3 nitrogen and oxygen atoms in total. The lowest BCUT2D eigenvalue weighted by molar-refractivity contribution is -0.0166. The molecule has 1 unspecified atom stereocenters. The van der Waals surface area contributed by atoms with E-state index >= 15 is 0 Å². The first kappa shape index (κ1) is 12.7. The fourth-order valence-electron chi connectivity index (χ4n) is 0.775. The molecule has 0 radical (unpaired) electrons. The lowest BCUT2D eigenvalue weighted by Gasteiger charge is -2.13. The highest BCUT2D eigenvalue weighted by Crippen LogP contribution is 1.96. The van der Waals surface area contributed by atoms with Crippen LogP contribution in [0.15, 0.2) is 0 Å². The summed E-state index contributed by atoms with van der Waals surface area (Å²) in [7, 11) is 1.61. The molecule has 1 N–H and O–H groups in total. The maximum Gasteiger partial charge on any atom is 0.261 e. The number of nitrogens with one attached hydrogen (secondary N) is 1. The summed E-state index contributed by atoms with van der Waals surface area (Å²) >= 11 is 0. The van der Waals surface area contributed by atoms with E-state index in [2.05, 4.69) is 5.32 Å². The Morgan fingerprint density at radius 3 is 2.62 bits per heavy atom. The average molecular weight is 197 g/mol. The van der Waals surface area contributed by atoms with Crippen LogP contribution in [0.25, 0.3) is 0 Å². The molecule has 0 rings (SSSR count). The van der Waals surface area contributed by atoms with E-state index in [4.69, 9.17) is 9.47 Å². The molecule has 0 aromatic rings. The van der Waals surface area contributed by atoms with E-state index in [1.807, 2.05) is 0 Å². The number of hydrogen-bond donors (Lipinski definition) is 1. The van der Waals surface area contributed by atoms with Crippen molar-refractivity contribution < 1.29 is 18.3 Å². The van der Waals surface area contributed by atoms with Gasteiger partial charge in [-0.3, -0.25) is 0 Å². The zero-order valence-corrected chi connectivity index (χ0v) is 8.06. The van der Waals surface area contributed by atoms with Crippen LogP contribution in [0.3, 0.4) is 0 Å². The highest BCUT2D eigenvalue weighted by molar-refractivity contribution is 4.55. The van der Waals surface area contributed by atoms with Crippen molar-refractivity contribution in [2.75, 3.05) is 33.4 Å². The number of hydrogen-bond acceptors (Lipinski definition) is 3. The van der Waals surface area contributed by atoms with E-state index < -0.39 is 13.0 Å². The largest absolute Gasteiger partial charge is 0.383 e. The van der Waals surface area contributed by atoms with Gasteiger partial charge < -0.3 is 14.8 Å². The Bertz CT molecular complexity index is 114. The van der Waals surface area contributed by atoms with E-state index in [0.29, 0.717) is 19.7 Å². The molecular formula is C8H17F2NO2. The zero-order chi connectivity index (χ0) is 10.1. The monoisotopic (exact) mass is 197 g/mol. The van der Waals surface area contributed by atoms with Crippen LogP contribution < -0.4 is 5.32 Å². The molecule has 0 amide bonds. The van der Waals surface area contributed by atoms with Crippen LogP contribution in [0.2, 0.25) is 0 Å². The summed E-state index contributed by atoms with van der Waals surface area (Å²) in [5.74, 6) is 0. The average Bonchev–Trinajstić information content (AvgIpc) is 2.09. The summed E-state index contributed by atoms with van der Waals surface area (Å²) in [4.78, 5) is 0. The first-order valence-electron chi connectivity index (χ1n) is 4.26. The van der Waals surface area contributed by atoms with Gasteiger partial charge in [-0.15, -0.1) is 0 Å². The van der Waals surface area contributed by atoms with E-state index in [1.165, 1.54) is 0 Å². The highest BCUT2D eigenvalue weighted by Gasteiger charge is 2.06. The summed E-state index contributed by atoms with van der Waals surface area (Å²) in [6.45, 7) is 3.14. The third-order valence-corrected chi connectivity index (χ3v) is 1.42. The molecule has 0 spiro atoms. The number of methoxy groups -OCH3 is 1. The molecule has 0 aliphatic rings. The van der Waals surface area contributed by atoms with Crippen LogP contribution in [0.1, 0.15) is 6.92 Å². The third-order valence-electron chi connectivity index (χ3n) is 1.42. The second-order valence-corrected chi connectivity index (χ2v) is 2.73. The molecule has 0 bridgehead atoms. The van der Waals surface area contributed by atoms with Gasteiger partial charge in [0.05, 0.1) is 12.7 Å². The van der Waals surface area contributed by atoms with Crippen molar-refractivity contribution in [3.8, 4) is 0 Å². The Morgan fingerprint density at radius 2 is 2.08 bits per heavy atom. The predicted octanol–water partition coefficient (Wildman–Crippen LogP) is 0.893. The first-order valence-corrected chi connectivity index (χ1v) is 4.26. The standard InChI is InChI=1S/C8H17F2NO2/c1-7(13-6-8(9)10)5-11-3-4-12-2/h7-8,11H,3-6H2,1-2H3. The molecule has 5 heteroatoms. The Kier molecular flexibility index (Phi) is 8.18. The molecule has 0 aromatic heterocycles. The molecule has 0 saturated carbocycles. The number of halogens is 2. The van der Waals surface area contributed by atoms with Crippen LogP contribution in [-0.4, -0.2) is 45.9 Å². The predicted molar refractivity (Wildman–Crippen MR) is 46.2 cm³/mol. The molecule has 0 aromatic carbocycles. The van der Waals surface area contributed by atoms with E-state index in [0.717, 1.165) is 0 Å². The van der Waals surface area contributed by atoms with Gasteiger partial charge in [0.1, 0.15) is 6.61 Å². The SMILES string of the molecule is COCCNCC(C)OCC(F)F. The Morgan fingerprint density at radius 1 is 1.38 bits per heavy atom. The second kappa shape index (κ2) is 8.34. The van der Waals surface area contributed by atoms with Crippen molar-refractivity contribution in [1.29, 1.82) is 0 Å². The number of alkyl halides is 2. The van der Waals surface area contributed by atoms with Crippen LogP contribution in [0.5, 0.6) is 0 Å². The molecule has 80 valence electrons. The molecule has 0 saturated heterocycles. The van der Waals surface area contributed by atoms with Gasteiger partial charge >= 0.3 is 0 Å². The van der Waals surface area contributed by atoms with Gasteiger partial charge in [0.2, 0.25) is 0 Å². The first-order chi connectivity index (χ1) is 6.16. The molecule has 0 aliphatic carbocycles. The van der Waals surface area contributed by atoms with Gasteiger partial charge in [0.15, 0.2) is 0 Å². The minimum absolute atomic E-state index is 0.189. The Labute approximate surface area is 77.4 Å². The number of rotatable bonds is 8. The van der Waals surface area contributed by atoms with Gasteiger partial charge in [-0.25, -0.2) is 8.78 Å². The van der Waals surface area contributed by atoms with Gasteiger partial charge in [0, 0.05) is 20.2 Å². The van der Waals surface area contributed by atoms with Crippen LogP contribution in [0.4, 0.5) is 8.78 Å². The minimum atomic E-state index is -2.39. The molecule has 0 aliphatic heterocycles. The maximum atomic E-state index is 11.7. The molecule has 0 heterocycles. The molecule has 1 atom stereocenters. The second-order valence-electron chi connectivity index (χ2n) is 2.73. The van der Waals surface area contributed by atoms with Crippen LogP contribution >= 0.6 is 0 Å². The van der Waals surface area contributed by atoms with Gasteiger partial charge in [-0.1, -0.05) is 0 Å². The minimum Gasteiger partial charge on any atom is -0.383 e. The fraction of sp³-hybridized carbons (Fsp3) is 1.00. The van der Waals surface area contributed by atoms with Crippen molar-refractivity contribution in [3.05, 3.63) is 0 Å². The topological polar surface area (TPSA) is 30.5 Å². The summed E-state index contributed by atoms with van der Waals surface area (Å²) in [6, 6.07) is 0. The van der Waals surface area contributed by atoms with Gasteiger partial charge in [-0.05, 0) is 6.92 Å². The fourth-order valence-corrected chi connectivity index (χ4v) is 0.775. The Hall–Kier alpha value is -0.260. The summed E-state index contributed by atoms with van der Waals surface area (Å²) < 4.78 is 33.0. The summed E-state index contributed by atoms with van der Waals surface area (Å²) in [6.07, 6.45) is -2.58. The van der Waals surface area contributed by atoms with Crippen molar-refractivity contribution in [1.82, 2.24) is 5.32 Å². The van der Waals surface area contributed by atoms with E-state index in [9.17, 15) is 8.78 Å². The third kappa shape index (κ3) is 9.66. The Balaban J connectivity index is 3.15. The van der Waals surface area contributed by atoms with Crippen molar-refractivity contribution in [3.63, 3.8) is 0 Å². The van der Waals surface area contributed by atoms with Gasteiger partial charge in [-0.2, -0.15) is 0 Å². The summed E-state index contributed by atoms with van der Waals surface area (Å²) in [5.41, 5.74) is 0. The lowest BCUT2D eigenvalue weighted by Crippen LogP contribution is -2.30. The highest BCUT2D eigenvalue weighted by atomic mass is 19.3. The lowest BCUT2D eigenvalue weighted by atomic mass is 10.4. The van der Waals surface area contributed by atoms with Crippen molar-refractivity contribution >= 4 is 0 Å². The summed E-state index contributed by atoms with van der Waals surface area (Å²) in [5, 5.41) is 3.01. The zero-order valence-electron chi connectivity index (χ0n) is 8.06. The van der Waals surface area contributed by atoms with Crippen LogP contribution in [-0.2, 0) is 9.47 Å². The molecule has 0 fully saturated rings. The quantitative estimate of drug-likeness (QED) is 0.586. The molecule has 13 heavy (non-hydrogen) atoms. The van der Waals surface area contributed by atoms with Crippen molar-refractivity contribution in [2.45, 2.75) is 19.5 Å². The van der Waals surface area contributed by atoms with Crippen LogP contribution in [0, 0.1) is 0 Å². The van der Waals surface area contributed by atoms with Gasteiger partial charge in [0.25, 0.3) is 6.43 Å². The maximum absolute atomic E-state index is 11.7. The number of ether oxygens (including phenoxy) is 2. The normalized spacial score (nSPS) is 13.6.